The predicted octanol–water partition coefficient (Wildman–Crippen LogP) is 1.86. The summed E-state index contributed by atoms with van der Waals surface area (Å²) in [6, 6.07) is 10.4. The molecule has 2 aromatic rings. The molecule has 0 radical (unpaired) electrons. The van der Waals surface area contributed by atoms with Gasteiger partial charge in [0.15, 0.2) is 0 Å². The molecule has 20 heavy (non-hydrogen) atoms. The molecule has 104 valence electrons. The van der Waals surface area contributed by atoms with Crippen LogP contribution in [-0.4, -0.2) is 10.5 Å². The summed E-state index contributed by atoms with van der Waals surface area (Å²) in [6.45, 7) is 1.77. The second-order valence-electron chi connectivity index (χ2n) is 4.51. The van der Waals surface area contributed by atoms with Crippen molar-refractivity contribution >= 4 is 5.91 Å². The van der Waals surface area contributed by atoms with E-state index in [1.807, 2.05) is 0 Å². The molecule has 1 N–H and O–H groups in total. The molecule has 0 spiro atoms. The van der Waals surface area contributed by atoms with Gasteiger partial charge in [-0.25, -0.2) is 4.39 Å². The Kier molecular flexibility index (Phi) is 4.30. The number of carbonyl (C=O) groups excluding carboxylic acids is 1. The van der Waals surface area contributed by atoms with Gasteiger partial charge in [-0.3, -0.25) is 9.59 Å². The Labute approximate surface area is 115 Å². The van der Waals surface area contributed by atoms with E-state index in [4.69, 9.17) is 0 Å². The van der Waals surface area contributed by atoms with Crippen molar-refractivity contribution in [2.45, 2.75) is 19.5 Å². The van der Waals surface area contributed by atoms with Crippen LogP contribution in [0.3, 0.4) is 0 Å². The number of nitrogens with zero attached hydrogens (tertiary/aromatic N) is 1. The molecule has 2 rings (SSSR count). The summed E-state index contributed by atoms with van der Waals surface area (Å²) >= 11 is 0. The van der Waals surface area contributed by atoms with Crippen LogP contribution in [0.5, 0.6) is 0 Å². The SMILES string of the molecule is C[C@H](NC(=O)Cn1ccccc1=O)c1ccc(F)cc1. The van der Waals surface area contributed by atoms with Crippen LogP contribution in [0.25, 0.3) is 0 Å². The van der Waals surface area contributed by atoms with Crippen LogP contribution >= 0.6 is 0 Å². The highest BCUT2D eigenvalue weighted by Crippen LogP contribution is 2.12. The average molecular weight is 274 g/mol. The Hall–Kier alpha value is -2.43. The van der Waals surface area contributed by atoms with Crippen molar-refractivity contribution in [2.75, 3.05) is 0 Å². The molecule has 1 amide bonds. The molecule has 1 atom stereocenters. The van der Waals surface area contributed by atoms with E-state index < -0.39 is 0 Å². The van der Waals surface area contributed by atoms with Crippen molar-refractivity contribution in [1.29, 1.82) is 0 Å². The molecular formula is C15H15FN2O2. The van der Waals surface area contributed by atoms with E-state index in [9.17, 15) is 14.0 Å². The fourth-order valence-corrected chi connectivity index (χ4v) is 1.87. The van der Waals surface area contributed by atoms with Gasteiger partial charge in [-0.05, 0) is 30.7 Å². The smallest absolute Gasteiger partial charge is 0.250 e. The van der Waals surface area contributed by atoms with Gasteiger partial charge in [0.2, 0.25) is 5.91 Å². The molecule has 0 aliphatic heterocycles. The summed E-state index contributed by atoms with van der Waals surface area (Å²) in [5, 5.41) is 2.77. The highest BCUT2D eigenvalue weighted by atomic mass is 19.1. The lowest BCUT2D eigenvalue weighted by Crippen LogP contribution is -2.33. The first-order chi connectivity index (χ1) is 9.56. The van der Waals surface area contributed by atoms with Crippen LogP contribution in [0.2, 0.25) is 0 Å². The van der Waals surface area contributed by atoms with Crippen LogP contribution < -0.4 is 10.9 Å². The number of aromatic nitrogens is 1. The minimum Gasteiger partial charge on any atom is -0.348 e. The molecular weight excluding hydrogens is 259 g/mol. The number of benzene rings is 1. The maximum Gasteiger partial charge on any atom is 0.250 e. The van der Waals surface area contributed by atoms with Crippen LogP contribution in [0.1, 0.15) is 18.5 Å². The van der Waals surface area contributed by atoms with Gasteiger partial charge in [-0.15, -0.1) is 0 Å². The molecule has 0 aliphatic carbocycles. The van der Waals surface area contributed by atoms with Crippen molar-refractivity contribution < 1.29 is 9.18 Å². The highest BCUT2D eigenvalue weighted by Gasteiger charge is 2.10. The van der Waals surface area contributed by atoms with Crippen LogP contribution in [0, 0.1) is 5.82 Å². The second-order valence-corrected chi connectivity index (χ2v) is 4.51. The first kappa shape index (κ1) is 14.0. The van der Waals surface area contributed by atoms with Crippen LogP contribution in [-0.2, 0) is 11.3 Å². The van der Waals surface area contributed by atoms with Crippen molar-refractivity contribution in [3.05, 3.63) is 70.4 Å². The van der Waals surface area contributed by atoms with Crippen molar-refractivity contribution in [1.82, 2.24) is 9.88 Å². The maximum absolute atomic E-state index is 12.8. The zero-order valence-corrected chi connectivity index (χ0v) is 11.0. The Morgan fingerprint density at radius 1 is 1.25 bits per heavy atom. The Morgan fingerprint density at radius 2 is 1.95 bits per heavy atom. The number of halogens is 1. The number of hydrogen-bond donors (Lipinski definition) is 1. The second kappa shape index (κ2) is 6.14. The van der Waals surface area contributed by atoms with E-state index in [-0.39, 0.29) is 29.9 Å². The van der Waals surface area contributed by atoms with Crippen molar-refractivity contribution in [2.24, 2.45) is 0 Å². The molecule has 4 nitrogen and oxygen atoms in total. The summed E-state index contributed by atoms with van der Waals surface area (Å²) in [4.78, 5) is 23.4. The number of nitrogens with one attached hydrogen (secondary N) is 1. The first-order valence-electron chi connectivity index (χ1n) is 6.26. The van der Waals surface area contributed by atoms with E-state index in [2.05, 4.69) is 5.32 Å². The predicted molar refractivity (Wildman–Crippen MR) is 73.7 cm³/mol. The van der Waals surface area contributed by atoms with Crippen LogP contribution in [0.15, 0.2) is 53.5 Å². The number of amides is 1. The Bertz CT molecular complexity index is 649. The molecule has 0 fully saturated rings. The third-order valence-electron chi connectivity index (χ3n) is 2.96. The fraction of sp³-hybridized carbons (Fsp3) is 0.200. The molecule has 1 heterocycles. The molecule has 0 saturated heterocycles. The fourth-order valence-electron chi connectivity index (χ4n) is 1.87. The van der Waals surface area contributed by atoms with Gasteiger partial charge in [0.1, 0.15) is 12.4 Å². The van der Waals surface area contributed by atoms with E-state index in [0.29, 0.717) is 0 Å². The van der Waals surface area contributed by atoms with Gasteiger partial charge in [-0.2, -0.15) is 0 Å². The molecule has 1 aromatic heterocycles. The third kappa shape index (κ3) is 3.54. The summed E-state index contributed by atoms with van der Waals surface area (Å²) in [6.07, 6.45) is 1.56. The average Bonchev–Trinajstić information content (AvgIpc) is 2.42. The van der Waals surface area contributed by atoms with Gasteiger partial charge in [0, 0.05) is 12.3 Å². The zero-order valence-electron chi connectivity index (χ0n) is 11.0. The molecule has 0 unspecified atom stereocenters. The lowest BCUT2D eigenvalue weighted by molar-refractivity contribution is -0.122. The number of carbonyl (C=O) groups is 1. The summed E-state index contributed by atoms with van der Waals surface area (Å²) in [5.41, 5.74) is 0.581. The zero-order chi connectivity index (χ0) is 14.5. The van der Waals surface area contributed by atoms with E-state index in [0.717, 1.165) is 5.56 Å². The maximum atomic E-state index is 12.8. The number of rotatable bonds is 4. The number of pyridine rings is 1. The van der Waals surface area contributed by atoms with Gasteiger partial charge in [-0.1, -0.05) is 18.2 Å². The Balaban J connectivity index is 1.99. The third-order valence-corrected chi connectivity index (χ3v) is 2.96. The normalized spacial score (nSPS) is 11.9. The molecule has 1 aromatic carbocycles. The topological polar surface area (TPSA) is 51.1 Å². The monoisotopic (exact) mass is 274 g/mol. The van der Waals surface area contributed by atoms with Gasteiger partial charge < -0.3 is 9.88 Å². The minimum atomic E-state index is -0.317. The van der Waals surface area contributed by atoms with Crippen molar-refractivity contribution in [3.63, 3.8) is 0 Å². The lowest BCUT2D eigenvalue weighted by Gasteiger charge is -2.14. The summed E-state index contributed by atoms with van der Waals surface area (Å²) in [7, 11) is 0. The lowest BCUT2D eigenvalue weighted by atomic mass is 10.1. The molecule has 0 aliphatic rings. The van der Waals surface area contributed by atoms with E-state index in [1.54, 1.807) is 37.4 Å². The molecule has 0 saturated carbocycles. The largest absolute Gasteiger partial charge is 0.348 e. The summed E-state index contributed by atoms with van der Waals surface area (Å²) in [5.74, 6) is -0.585. The first-order valence-corrected chi connectivity index (χ1v) is 6.26. The van der Waals surface area contributed by atoms with Gasteiger partial charge >= 0.3 is 0 Å². The standard InChI is InChI=1S/C15H15FN2O2/c1-11(12-5-7-13(16)8-6-12)17-14(19)10-18-9-3-2-4-15(18)20/h2-9,11H,10H2,1H3,(H,17,19)/t11-/m0/s1. The number of hydrogen-bond acceptors (Lipinski definition) is 2. The van der Waals surface area contributed by atoms with Gasteiger partial charge in [0.05, 0.1) is 6.04 Å². The molecule has 5 heteroatoms. The quantitative estimate of drug-likeness (QED) is 0.925. The van der Waals surface area contributed by atoms with E-state index >= 15 is 0 Å². The minimum absolute atomic E-state index is 0.0365. The van der Waals surface area contributed by atoms with Crippen molar-refractivity contribution in [3.8, 4) is 0 Å². The highest BCUT2D eigenvalue weighted by molar-refractivity contribution is 5.76. The van der Waals surface area contributed by atoms with Crippen LogP contribution in [0.4, 0.5) is 4.39 Å². The molecule has 0 bridgehead atoms. The van der Waals surface area contributed by atoms with Gasteiger partial charge in [0.25, 0.3) is 5.56 Å². The summed E-state index contributed by atoms with van der Waals surface area (Å²) < 4.78 is 14.1. The van der Waals surface area contributed by atoms with E-state index in [1.165, 1.54) is 22.8 Å². The Morgan fingerprint density at radius 3 is 2.60 bits per heavy atom.